The van der Waals surface area contributed by atoms with Crippen molar-refractivity contribution in [1.82, 2.24) is 4.90 Å². The van der Waals surface area contributed by atoms with E-state index >= 15 is 0 Å². The minimum Gasteiger partial charge on any atom is -0.390 e. The number of nitrogens with zero attached hydrogens (tertiary/aromatic N) is 1. The number of aliphatic hydroxyl groups excluding tert-OH is 1. The molecule has 0 spiro atoms. The van der Waals surface area contributed by atoms with Crippen LogP contribution in [0.15, 0.2) is 0 Å². The van der Waals surface area contributed by atoms with Gasteiger partial charge in [0.2, 0.25) is 0 Å². The Morgan fingerprint density at radius 2 is 2.00 bits per heavy atom. The van der Waals surface area contributed by atoms with Crippen LogP contribution < -0.4 is 5.73 Å². The quantitative estimate of drug-likeness (QED) is 0.706. The Balaban J connectivity index is 2.22. The van der Waals surface area contributed by atoms with Gasteiger partial charge in [0.05, 0.1) is 6.10 Å². The molecule has 3 N–H and O–H groups in total. The summed E-state index contributed by atoms with van der Waals surface area (Å²) in [5, 5.41) is 9.64. The van der Waals surface area contributed by atoms with Crippen molar-refractivity contribution in [2.45, 2.75) is 45.3 Å². The minimum atomic E-state index is -0.367. The SMILES string of the molecule is CCC1CCN(CC(O)C(C)N)CC1. The van der Waals surface area contributed by atoms with Crippen LogP contribution in [-0.2, 0) is 0 Å². The lowest BCUT2D eigenvalue weighted by Crippen LogP contribution is -2.44. The topological polar surface area (TPSA) is 49.5 Å². The van der Waals surface area contributed by atoms with Crippen LogP contribution >= 0.6 is 0 Å². The van der Waals surface area contributed by atoms with Gasteiger partial charge >= 0.3 is 0 Å². The number of aliphatic hydroxyl groups is 1. The highest BCUT2D eigenvalue weighted by Crippen LogP contribution is 2.19. The number of hydrogen-bond donors (Lipinski definition) is 2. The third kappa shape index (κ3) is 3.56. The van der Waals surface area contributed by atoms with Crippen LogP contribution in [0.4, 0.5) is 0 Å². The summed E-state index contributed by atoms with van der Waals surface area (Å²) >= 11 is 0. The second-order valence-corrected chi connectivity index (χ2v) is 4.58. The fourth-order valence-electron chi connectivity index (χ4n) is 2.01. The summed E-state index contributed by atoms with van der Waals surface area (Å²) in [6.45, 7) is 7.12. The van der Waals surface area contributed by atoms with Gasteiger partial charge in [-0.15, -0.1) is 0 Å². The molecular formula is C11H24N2O. The highest BCUT2D eigenvalue weighted by molar-refractivity contribution is 4.76. The van der Waals surface area contributed by atoms with Crippen molar-refractivity contribution in [3.05, 3.63) is 0 Å². The first-order valence-electron chi connectivity index (χ1n) is 5.79. The summed E-state index contributed by atoms with van der Waals surface area (Å²) in [6.07, 6.45) is 3.49. The average molecular weight is 200 g/mol. The highest BCUT2D eigenvalue weighted by Gasteiger charge is 2.20. The van der Waals surface area contributed by atoms with Crippen LogP contribution in [0.1, 0.15) is 33.1 Å². The molecule has 1 heterocycles. The standard InChI is InChI=1S/C11H24N2O/c1-3-10-4-6-13(7-5-10)8-11(14)9(2)12/h9-11,14H,3-8,12H2,1-2H3. The van der Waals surface area contributed by atoms with Crippen molar-refractivity contribution in [1.29, 1.82) is 0 Å². The van der Waals surface area contributed by atoms with Gasteiger partial charge < -0.3 is 15.7 Å². The van der Waals surface area contributed by atoms with Crippen molar-refractivity contribution in [3.8, 4) is 0 Å². The lowest BCUT2D eigenvalue weighted by Gasteiger charge is -2.33. The van der Waals surface area contributed by atoms with Crippen LogP contribution in [0.25, 0.3) is 0 Å². The molecule has 1 saturated heterocycles. The molecule has 0 radical (unpaired) electrons. The first-order valence-corrected chi connectivity index (χ1v) is 5.79. The Hall–Kier alpha value is -0.120. The second-order valence-electron chi connectivity index (χ2n) is 4.58. The van der Waals surface area contributed by atoms with Crippen molar-refractivity contribution in [2.24, 2.45) is 11.7 Å². The Morgan fingerprint density at radius 3 is 2.43 bits per heavy atom. The Labute approximate surface area is 87.3 Å². The van der Waals surface area contributed by atoms with E-state index in [1.807, 2.05) is 6.92 Å². The molecule has 0 aromatic heterocycles. The molecule has 14 heavy (non-hydrogen) atoms. The normalized spacial score (nSPS) is 24.9. The number of nitrogens with two attached hydrogens (primary N) is 1. The summed E-state index contributed by atoms with van der Waals surface area (Å²) in [5.41, 5.74) is 5.63. The maximum atomic E-state index is 9.64. The van der Waals surface area contributed by atoms with E-state index in [0.29, 0.717) is 0 Å². The van der Waals surface area contributed by atoms with Gasteiger partial charge in [-0.1, -0.05) is 13.3 Å². The van der Waals surface area contributed by atoms with Gasteiger partial charge in [0, 0.05) is 12.6 Å². The van der Waals surface area contributed by atoms with Crippen molar-refractivity contribution < 1.29 is 5.11 Å². The third-order valence-electron chi connectivity index (χ3n) is 3.34. The van der Waals surface area contributed by atoms with E-state index in [9.17, 15) is 5.11 Å². The summed E-state index contributed by atoms with van der Waals surface area (Å²) in [4.78, 5) is 2.33. The Bertz CT molecular complexity index is 153. The van der Waals surface area contributed by atoms with Crippen LogP contribution in [0.3, 0.4) is 0 Å². The monoisotopic (exact) mass is 200 g/mol. The van der Waals surface area contributed by atoms with Gasteiger partial charge in [0.25, 0.3) is 0 Å². The predicted molar refractivity (Wildman–Crippen MR) is 59.1 cm³/mol. The van der Waals surface area contributed by atoms with Crippen molar-refractivity contribution in [3.63, 3.8) is 0 Å². The molecule has 0 aromatic carbocycles. The number of β-amino-alcohol motifs (C(OH)–C–C–N with tert-alkyl or cyclic N) is 1. The number of piperidine rings is 1. The Kier molecular flexibility index (Phi) is 4.85. The summed E-state index contributed by atoms with van der Waals surface area (Å²) in [6, 6.07) is -0.112. The van der Waals surface area contributed by atoms with E-state index in [2.05, 4.69) is 11.8 Å². The van der Waals surface area contributed by atoms with Gasteiger partial charge in [0.1, 0.15) is 0 Å². The zero-order valence-electron chi connectivity index (χ0n) is 9.45. The van der Waals surface area contributed by atoms with Crippen molar-refractivity contribution >= 4 is 0 Å². The molecular weight excluding hydrogens is 176 g/mol. The molecule has 0 bridgehead atoms. The molecule has 0 amide bonds. The number of likely N-dealkylation sites (tertiary alicyclic amines) is 1. The van der Waals surface area contributed by atoms with Gasteiger partial charge in [-0.3, -0.25) is 0 Å². The fraction of sp³-hybridized carbons (Fsp3) is 1.00. The van der Waals surface area contributed by atoms with E-state index < -0.39 is 0 Å². The molecule has 0 aliphatic carbocycles. The van der Waals surface area contributed by atoms with Gasteiger partial charge in [-0.2, -0.15) is 0 Å². The highest BCUT2D eigenvalue weighted by atomic mass is 16.3. The molecule has 3 nitrogen and oxygen atoms in total. The van der Waals surface area contributed by atoms with Gasteiger partial charge in [-0.05, 0) is 38.8 Å². The van der Waals surface area contributed by atoms with Crippen LogP contribution in [-0.4, -0.2) is 41.8 Å². The predicted octanol–water partition coefficient (Wildman–Crippen LogP) is 0.816. The smallest absolute Gasteiger partial charge is 0.0814 e. The van der Waals surface area contributed by atoms with Gasteiger partial charge in [0.15, 0.2) is 0 Å². The summed E-state index contributed by atoms with van der Waals surface area (Å²) in [5.74, 6) is 0.902. The molecule has 2 atom stereocenters. The third-order valence-corrected chi connectivity index (χ3v) is 3.34. The summed E-state index contributed by atoms with van der Waals surface area (Å²) < 4.78 is 0. The van der Waals surface area contributed by atoms with E-state index in [1.165, 1.54) is 19.3 Å². The molecule has 1 rings (SSSR count). The summed E-state index contributed by atoms with van der Waals surface area (Å²) in [7, 11) is 0. The zero-order chi connectivity index (χ0) is 10.6. The number of hydrogen-bond acceptors (Lipinski definition) is 3. The molecule has 0 saturated carbocycles. The fourth-order valence-corrected chi connectivity index (χ4v) is 2.01. The number of rotatable bonds is 4. The average Bonchev–Trinajstić information content (AvgIpc) is 2.19. The van der Waals surface area contributed by atoms with Gasteiger partial charge in [-0.25, -0.2) is 0 Å². The lowest BCUT2D eigenvalue weighted by molar-refractivity contribution is 0.0759. The molecule has 2 unspecified atom stereocenters. The maximum absolute atomic E-state index is 9.64. The van der Waals surface area contributed by atoms with Crippen LogP contribution in [0.2, 0.25) is 0 Å². The first kappa shape index (κ1) is 12.0. The lowest BCUT2D eigenvalue weighted by atomic mass is 9.94. The van der Waals surface area contributed by atoms with E-state index in [-0.39, 0.29) is 12.1 Å². The van der Waals surface area contributed by atoms with E-state index in [1.54, 1.807) is 0 Å². The van der Waals surface area contributed by atoms with Crippen LogP contribution in [0, 0.1) is 5.92 Å². The maximum Gasteiger partial charge on any atom is 0.0814 e. The first-order chi connectivity index (χ1) is 6.63. The van der Waals surface area contributed by atoms with Crippen LogP contribution in [0.5, 0.6) is 0 Å². The molecule has 1 aliphatic heterocycles. The zero-order valence-corrected chi connectivity index (χ0v) is 9.45. The minimum absolute atomic E-state index is 0.112. The largest absolute Gasteiger partial charge is 0.390 e. The van der Waals surface area contributed by atoms with Crippen molar-refractivity contribution in [2.75, 3.05) is 19.6 Å². The molecule has 1 fully saturated rings. The van der Waals surface area contributed by atoms with E-state index in [0.717, 1.165) is 25.6 Å². The Morgan fingerprint density at radius 1 is 1.43 bits per heavy atom. The molecule has 0 aromatic rings. The van der Waals surface area contributed by atoms with E-state index in [4.69, 9.17) is 5.73 Å². The molecule has 84 valence electrons. The molecule has 1 aliphatic rings. The molecule has 3 heteroatoms. The second kappa shape index (κ2) is 5.69.